The van der Waals surface area contributed by atoms with E-state index in [1.807, 2.05) is 6.07 Å². The Kier molecular flexibility index (Phi) is 5.50. The molecule has 0 heterocycles. The van der Waals surface area contributed by atoms with E-state index >= 15 is 0 Å². The smallest absolute Gasteiger partial charge is 0.169 e. The normalized spacial score (nSPS) is 12.6. The van der Waals surface area contributed by atoms with Gasteiger partial charge >= 0.3 is 0 Å². The minimum absolute atomic E-state index is 0.173. The largest absolute Gasteiger partial charge is 0.508 e. The van der Waals surface area contributed by atoms with Gasteiger partial charge in [-0.1, -0.05) is 24.8 Å². The highest BCUT2D eigenvalue weighted by atomic mass is 17.5. The van der Waals surface area contributed by atoms with Gasteiger partial charge < -0.3 is 15.1 Å². The Morgan fingerprint density at radius 1 is 1.16 bits per heavy atom. The van der Waals surface area contributed by atoms with Crippen molar-refractivity contribution in [3.63, 3.8) is 0 Å². The van der Waals surface area contributed by atoms with Crippen LogP contribution in [0.2, 0.25) is 0 Å². The predicted molar refractivity (Wildman–Crippen MR) is 70.1 cm³/mol. The molecule has 0 saturated carbocycles. The van der Waals surface area contributed by atoms with Crippen LogP contribution in [0.4, 0.5) is 0 Å². The van der Waals surface area contributed by atoms with Gasteiger partial charge in [-0.2, -0.15) is 0 Å². The SMILES string of the molecule is C=C(O)/C=C(O)\C(C)=C(/C)OOOc1ccccc1. The van der Waals surface area contributed by atoms with Crippen LogP contribution < -0.4 is 4.89 Å². The lowest BCUT2D eigenvalue weighted by atomic mass is 10.2. The molecule has 0 amide bonds. The molecule has 0 unspecified atom stereocenters. The van der Waals surface area contributed by atoms with E-state index in [0.29, 0.717) is 11.3 Å². The van der Waals surface area contributed by atoms with Crippen molar-refractivity contribution in [2.45, 2.75) is 13.8 Å². The highest BCUT2D eigenvalue weighted by molar-refractivity contribution is 5.29. The fourth-order valence-electron chi connectivity index (χ4n) is 1.09. The van der Waals surface area contributed by atoms with Crippen molar-refractivity contribution in [3.05, 3.63) is 65.8 Å². The van der Waals surface area contributed by atoms with Gasteiger partial charge in [0.2, 0.25) is 0 Å². The van der Waals surface area contributed by atoms with Gasteiger partial charge in [-0.05, 0) is 26.0 Å². The second kappa shape index (κ2) is 7.13. The predicted octanol–water partition coefficient (Wildman–Crippen LogP) is 3.74. The minimum atomic E-state index is -0.258. The van der Waals surface area contributed by atoms with Crippen LogP contribution in [-0.2, 0) is 9.93 Å². The summed E-state index contributed by atoms with van der Waals surface area (Å²) in [6, 6.07) is 8.81. The molecule has 2 N–H and O–H groups in total. The molecule has 0 radical (unpaired) electrons. The number of rotatable bonds is 6. The van der Waals surface area contributed by atoms with Gasteiger partial charge in [-0.15, -0.1) is 0 Å². The number of aliphatic hydroxyl groups excluding tert-OH is 2. The molecular formula is C14H16O5. The van der Waals surface area contributed by atoms with Crippen molar-refractivity contribution in [1.29, 1.82) is 0 Å². The summed E-state index contributed by atoms with van der Waals surface area (Å²) >= 11 is 0. The maximum absolute atomic E-state index is 9.58. The monoisotopic (exact) mass is 264 g/mol. The summed E-state index contributed by atoms with van der Waals surface area (Å²) < 4.78 is 0. The van der Waals surface area contributed by atoms with Crippen LogP contribution in [0.25, 0.3) is 0 Å². The van der Waals surface area contributed by atoms with Gasteiger partial charge in [0.05, 0.1) is 0 Å². The van der Waals surface area contributed by atoms with Gasteiger partial charge in [0.15, 0.2) is 5.75 Å². The van der Waals surface area contributed by atoms with Crippen molar-refractivity contribution in [2.75, 3.05) is 0 Å². The van der Waals surface area contributed by atoms with Gasteiger partial charge in [0.1, 0.15) is 17.3 Å². The van der Waals surface area contributed by atoms with Crippen LogP contribution in [0.5, 0.6) is 5.75 Å². The molecule has 0 aliphatic carbocycles. The van der Waals surface area contributed by atoms with Crippen molar-refractivity contribution < 1.29 is 25.0 Å². The summed E-state index contributed by atoms with van der Waals surface area (Å²) in [6.07, 6.45) is 1.10. The third-order valence-corrected chi connectivity index (χ3v) is 2.25. The van der Waals surface area contributed by atoms with E-state index in [-0.39, 0.29) is 17.3 Å². The molecule has 0 saturated heterocycles. The first-order valence-corrected chi connectivity index (χ1v) is 5.53. The fourth-order valence-corrected chi connectivity index (χ4v) is 1.09. The maximum atomic E-state index is 9.58. The van der Waals surface area contributed by atoms with Crippen molar-refractivity contribution >= 4 is 0 Å². The standard InChI is InChI=1S/C14H16O5/c1-10(15)9-14(16)11(2)12(3)17-19-18-13-7-5-4-6-8-13/h4-9,15-16H,1H2,2-3H3/b12-11+,14-9+. The Bertz CT molecular complexity index is 488. The summed E-state index contributed by atoms with van der Waals surface area (Å²) in [6.45, 7) is 6.41. The van der Waals surface area contributed by atoms with Gasteiger partial charge in [-0.25, -0.2) is 0 Å². The molecule has 5 heteroatoms. The Hall–Kier alpha value is -2.40. The molecule has 5 nitrogen and oxygen atoms in total. The third-order valence-electron chi connectivity index (χ3n) is 2.25. The van der Waals surface area contributed by atoms with Crippen LogP contribution in [0, 0.1) is 0 Å². The van der Waals surface area contributed by atoms with Crippen LogP contribution in [0.15, 0.2) is 65.8 Å². The first-order chi connectivity index (χ1) is 9.00. The quantitative estimate of drug-likeness (QED) is 0.354. The molecule has 0 spiro atoms. The first kappa shape index (κ1) is 14.7. The molecule has 1 aromatic rings. The average Bonchev–Trinajstić information content (AvgIpc) is 2.38. The number of hydrogen-bond acceptors (Lipinski definition) is 5. The molecule has 1 aromatic carbocycles. The topological polar surface area (TPSA) is 68.2 Å². The van der Waals surface area contributed by atoms with Gasteiger partial charge in [-0.3, -0.25) is 4.89 Å². The van der Waals surface area contributed by atoms with Gasteiger partial charge in [0, 0.05) is 16.7 Å². The van der Waals surface area contributed by atoms with E-state index in [0.717, 1.165) is 6.08 Å². The zero-order valence-electron chi connectivity index (χ0n) is 10.8. The van der Waals surface area contributed by atoms with Crippen molar-refractivity contribution in [1.82, 2.24) is 0 Å². The van der Waals surface area contributed by atoms with E-state index in [1.165, 1.54) is 0 Å². The fraction of sp³-hybridized carbons (Fsp3) is 0.143. The molecule has 102 valence electrons. The van der Waals surface area contributed by atoms with Crippen LogP contribution in [0.1, 0.15) is 13.8 Å². The van der Waals surface area contributed by atoms with E-state index in [1.54, 1.807) is 38.1 Å². The highest BCUT2D eigenvalue weighted by Gasteiger charge is 2.06. The zero-order valence-corrected chi connectivity index (χ0v) is 10.8. The molecule has 0 aromatic heterocycles. The third kappa shape index (κ3) is 5.18. The lowest BCUT2D eigenvalue weighted by Crippen LogP contribution is -2.00. The number of aliphatic hydroxyl groups is 2. The molecule has 19 heavy (non-hydrogen) atoms. The van der Waals surface area contributed by atoms with Crippen LogP contribution in [0.3, 0.4) is 0 Å². The van der Waals surface area contributed by atoms with E-state index in [9.17, 15) is 5.11 Å². The summed E-state index contributed by atoms with van der Waals surface area (Å²) in [7, 11) is 0. The summed E-state index contributed by atoms with van der Waals surface area (Å²) in [5, 5.41) is 23.1. The Labute approximate surface area is 111 Å². The molecule has 0 bridgehead atoms. The van der Waals surface area contributed by atoms with E-state index in [2.05, 4.69) is 11.6 Å². The van der Waals surface area contributed by atoms with E-state index in [4.69, 9.17) is 14.9 Å². The van der Waals surface area contributed by atoms with Crippen molar-refractivity contribution in [2.24, 2.45) is 0 Å². The maximum Gasteiger partial charge on any atom is 0.169 e. The molecular weight excluding hydrogens is 248 g/mol. The number of allylic oxidation sites excluding steroid dienone is 3. The second-order valence-electron chi connectivity index (χ2n) is 3.75. The van der Waals surface area contributed by atoms with Gasteiger partial charge in [0.25, 0.3) is 0 Å². The molecule has 0 atom stereocenters. The molecule has 1 rings (SSSR count). The lowest BCUT2D eigenvalue weighted by molar-refractivity contribution is -0.446. The summed E-state index contributed by atoms with van der Waals surface area (Å²) in [5.74, 6) is 0.335. The highest BCUT2D eigenvalue weighted by Crippen LogP contribution is 2.15. The average molecular weight is 264 g/mol. The summed E-state index contributed by atoms with van der Waals surface area (Å²) in [4.78, 5) is 9.72. The second-order valence-corrected chi connectivity index (χ2v) is 3.75. The molecule has 0 fully saturated rings. The van der Waals surface area contributed by atoms with Crippen LogP contribution in [-0.4, -0.2) is 10.2 Å². The Balaban J connectivity index is 2.54. The van der Waals surface area contributed by atoms with E-state index < -0.39 is 0 Å². The van der Waals surface area contributed by atoms with Crippen molar-refractivity contribution in [3.8, 4) is 5.75 Å². The molecule has 0 aliphatic heterocycles. The summed E-state index contributed by atoms with van der Waals surface area (Å²) in [5.41, 5.74) is 0.381. The lowest BCUT2D eigenvalue weighted by Gasteiger charge is -2.07. The minimum Gasteiger partial charge on any atom is -0.508 e. The number of hydrogen-bond donors (Lipinski definition) is 2. The Morgan fingerprint density at radius 2 is 1.79 bits per heavy atom. The molecule has 0 aliphatic rings. The Morgan fingerprint density at radius 3 is 2.37 bits per heavy atom. The van der Waals surface area contributed by atoms with Crippen LogP contribution >= 0.6 is 0 Å². The zero-order chi connectivity index (χ0) is 14.3. The first-order valence-electron chi connectivity index (χ1n) is 5.53. The number of benzene rings is 1. The number of para-hydroxylation sites is 1.